The Balaban J connectivity index is 1.92. The first kappa shape index (κ1) is 15.9. The highest BCUT2D eigenvalue weighted by Gasteiger charge is 2.46. The number of benzene rings is 1. The molecule has 1 amide bonds. The predicted molar refractivity (Wildman–Crippen MR) is 74.6 cm³/mol. The fourth-order valence-corrected chi connectivity index (χ4v) is 2.51. The van der Waals surface area contributed by atoms with Gasteiger partial charge in [-0.25, -0.2) is 9.18 Å². The number of hydrogen-bond acceptors (Lipinski definition) is 3. The van der Waals surface area contributed by atoms with E-state index in [-0.39, 0.29) is 19.6 Å². The molecule has 0 bridgehead atoms. The van der Waals surface area contributed by atoms with Crippen LogP contribution < -0.4 is 4.74 Å². The summed E-state index contributed by atoms with van der Waals surface area (Å²) in [7, 11) is 0. The maximum absolute atomic E-state index is 13.8. The molecule has 1 heterocycles. The standard InChI is InChI=1S/C13H12Cl2FNO4/c14-8-3-9(15)5-10(4-8)21-6-11(18)17-2-1-13(16,7-17)12(19)20/h3-5H,1-2,6-7H2,(H,19,20). The first-order valence-corrected chi connectivity index (χ1v) is 6.85. The minimum atomic E-state index is -2.38. The fraction of sp³-hybridized carbons (Fsp3) is 0.385. The minimum Gasteiger partial charge on any atom is -0.484 e. The van der Waals surface area contributed by atoms with Crippen LogP contribution in [0.15, 0.2) is 18.2 Å². The lowest BCUT2D eigenvalue weighted by molar-refractivity contribution is -0.150. The lowest BCUT2D eigenvalue weighted by Crippen LogP contribution is -2.40. The largest absolute Gasteiger partial charge is 0.484 e. The number of carboxylic acid groups (broad SMARTS) is 1. The molecule has 8 heteroatoms. The maximum atomic E-state index is 13.8. The van der Waals surface area contributed by atoms with Crippen LogP contribution in [0.5, 0.6) is 5.75 Å². The number of nitrogens with zero attached hydrogens (tertiary/aromatic N) is 1. The zero-order valence-corrected chi connectivity index (χ0v) is 12.3. The molecule has 1 aromatic carbocycles. The molecule has 0 saturated carbocycles. The Morgan fingerprint density at radius 2 is 1.95 bits per heavy atom. The van der Waals surface area contributed by atoms with Gasteiger partial charge in [0.05, 0.1) is 6.54 Å². The van der Waals surface area contributed by atoms with Crippen LogP contribution >= 0.6 is 23.2 Å². The van der Waals surface area contributed by atoms with Crippen molar-refractivity contribution >= 4 is 35.1 Å². The van der Waals surface area contributed by atoms with Gasteiger partial charge in [0, 0.05) is 23.0 Å². The van der Waals surface area contributed by atoms with Gasteiger partial charge in [-0.1, -0.05) is 23.2 Å². The Hall–Kier alpha value is -1.53. The second kappa shape index (κ2) is 6.07. The molecule has 1 unspecified atom stereocenters. The molecule has 0 spiro atoms. The number of carbonyl (C=O) groups excluding carboxylic acids is 1. The SMILES string of the molecule is O=C(COc1cc(Cl)cc(Cl)c1)N1CCC(F)(C(=O)O)C1. The van der Waals surface area contributed by atoms with Crippen molar-refractivity contribution in [3.8, 4) is 5.75 Å². The Bertz CT molecular complexity index is 563. The summed E-state index contributed by atoms with van der Waals surface area (Å²) in [6, 6.07) is 4.49. The van der Waals surface area contributed by atoms with Crippen molar-refractivity contribution in [3.63, 3.8) is 0 Å². The summed E-state index contributed by atoms with van der Waals surface area (Å²) in [6.07, 6.45) is -0.225. The molecule has 1 aliphatic heterocycles. The average Bonchev–Trinajstić information content (AvgIpc) is 2.79. The van der Waals surface area contributed by atoms with E-state index in [1.807, 2.05) is 0 Å². The fourth-order valence-electron chi connectivity index (χ4n) is 2.01. The molecule has 1 aliphatic rings. The lowest BCUT2D eigenvalue weighted by atomic mass is 10.1. The van der Waals surface area contributed by atoms with Gasteiger partial charge in [-0.15, -0.1) is 0 Å². The number of ether oxygens (including phenoxy) is 1. The van der Waals surface area contributed by atoms with Gasteiger partial charge in [0.1, 0.15) is 5.75 Å². The third-order valence-electron chi connectivity index (χ3n) is 3.15. The minimum absolute atomic E-state index is 0.0430. The van der Waals surface area contributed by atoms with Gasteiger partial charge in [-0.3, -0.25) is 4.79 Å². The lowest BCUT2D eigenvalue weighted by Gasteiger charge is -2.18. The second-order valence-corrected chi connectivity index (χ2v) is 5.60. The third kappa shape index (κ3) is 3.77. The molecular formula is C13H12Cl2FNO4. The van der Waals surface area contributed by atoms with E-state index in [0.29, 0.717) is 15.8 Å². The summed E-state index contributed by atoms with van der Waals surface area (Å²) < 4.78 is 19.1. The van der Waals surface area contributed by atoms with E-state index in [9.17, 15) is 14.0 Å². The Kier molecular flexibility index (Phi) is 4.58. The molecule has 1 saturated heterocycles. The third-order valence-corrected chi connectivity index (χ3v) is 3.59. The number of likely N-dealkylation sites (tertiary alicyclic amines) is 1. The molecule has 5 nitrogen and oxygen atoms in total. The average molecular weight is 336 g/mol. The molecule has 1 aromatic rings. The van der Waals surface area contributed by atoms with Crippen LogP contribution in [0.3, 0.4) is 0 Å². The highest BCUT2D eigenvalue weighted by atomic mass is 35.5. The molecule has 21 heavy (non-hydrogen) atoms. The summed E-state index contributed by atoms with van der Waals surface area (Å²) in [5.41, 5.74) is -2.38. The van der Waals surface area contributed by atoms with Crippen molar-refractivity contribution in [1.29, 1.82) is 0 Å². The van der Waals surface area contributed by atoms with Crippen LogP contribution in [0.1, 0.15) is 6.42 Å². The highest BCUT2D eigenvalue weighted by molar-refractivity contribution is 6.34. The molecule has 0 aromatic heterocycles. The van der Waals surface area contributed by atoms with Gasteiger partial charge in [0.25, 0.3) is 5.91 Å². The Labute approximate surface area is 130 Å². The van der Waals surface area contributed by atoms with E-state index in [1.54, 1.807) is 0 Å². The van der Waals surface area contributed by atoms with Crippen molar-refractivity contribution in [2.24, 2.45) is 0 Å². The van der Waals surface area contributed by atoms with Crippen molar-refractivity contribution in [1.82, 2.24) is 4.90 Å². The van der Waals surface area contributed by atoms with Crippen molar-refractivity contribution in [2.75, 3.05) is 19.7 Å². The number of aliphatic carboxylic acids is 1. The number of amides is 1. The van der Waals surface area contributed by atoms with Gasteiger partial charge in [0.2, 0.25) is 5.67 Å². The summed E-state index contributed by atoms with van der Waals surface area (Å²) in [5, 5.41) is 9.49. The number of hydrogen-bond donors (Lipinski definition) is 1. The second-order valence-electron chi connectivity index (χ2n) is 4.73. The van der Waals surface area contributed by atoms with Crippen molar-refractivity contribution in [3.05, 3.63) is 28.2 Å². The zero-order chi connectivity index (χ0) is 15.6. The van der Waals surface area contributed by atoms with Crippen LogP contribution in [0.4, 0.5) is 4.39 Å². The van der Waals surface area contributed by atoms with Crippen LogP contribution in [-0.4, -0.2) is 47.2 Å². The molecule has 0 aliphatic carbocycles. The zero-order valence-electron chi connectivity index (χ0n) is 10.8. The molecule has 1 N–H and O–H groups in total. The molecule has 1 atom stereocenters. The van der Waals surface area contributed by atoms with Gasteiger partial charge in [-0.2, -0.15) is 0 Å². The topological polar surface area (TPSA) is 66.8 Å². The predicted octanol–water partition coefficient (Wildman–Crippen LogP) is 2.40. The summed E-state index contributed by atoms with van der Waals surface area (Å²) >= 11 is 11.6. The maximum Gasteiger partial charge on any atom is 0.343 e. The van der Waals surface area contributed by atoms with Crippen molar-refractivity contribution in [2.45, 2.75) is 12.1 Å². The van der Waals surface area contributed by atoms with E-state index >= 15 is 0 Å². The van der Waals surface area contributed by atoms with Gasteiger partial charge < -0.3 is 14.7 Å². The normalized spacial score (nSPS) is 21.4. The molecule has 2 rings (SSSR count). The van der Waals surface area contributed by atoms with Crippen LogP contribution in [0.25, 0.3) is 0 Å². The number of carboxylic acids is 1. The summed E-state index contributed by atoms with van der Waals surface area (Å²) in [6.45, 7) is -0.769. The Morgan fingerprint density at radius 3 is 2.48 bits per heavy atom. The quantitative estimate of drug-likeness (QED) is 0.917. The number of rotatable bonds is 4. The smallest absolute Gasteiger partial charge is 0.343 e. The first-order chi connectivity index (χ1) is 9.80. The number of carbonyl (C=O) groups is 2. The van der Waals surface area contributed by atoms with Crippen molar-refractivity contribution < 1.29 is 23.8 Å². The van der Waals surface area contributed by atoms with E-state index in [4.69, 9.17) is 33.0 Å². The number of halogens is 3. The van der Waals surface area contributed by atoms with Gasteiger partial charge in [-0.05, 0) is 18.2 Å². The van der Waals surface area contributed by atoms with E-state index in [1.165, 1.54) is 18.2 Å². The van der Waals surface area contributed by atoms with Gasteiger partial charge >= 0.3 is 5.97 Å². The van der Waals surface area contributed by atoms with Crippen LogP contribution in [-0.2, 0) is 9.59 Å². The number of alkyl halides is 1. The van der Waals surface area contributed by atoms with Gasteiger partial charge in [0.15, 0.2) is 6.61 Å². The molecule has 0 radical (unpaired) electrons. The highest BCUT2D eigenvalue weighted by Crippen LogP contribution is 2.27. The van der Waals surface area contributed by atoms with E-state index in [2.05, 4.69) is 0 Å². The molecule has 1 fully saturated rings. The molecular weight excluding hydrogens is 324 g/mol. The Morgan fingerprint density at radius 1 is 1.33 bits per heavy atom. The van der Waals surface area contributed by atoms with E-state index < -0.39 is 24.1 Å². The monoisotopic (exact) mass is 335 g/mol. The summed E-state index contributed by atoms with van der Waals surface area (Å²) in [5.74, 6) is -1.74. The molecule has 114 valence electrons. The first-order valence-electron chi connectivity index (χ1n) is 6.09. The van der Waals surface area contributed by atoms with E-state index in [0.717, 1.165) is 4.90 Å². The van der Waals surface area contributed by atoms with Crippen LogP contribution in [0.2, 0.25) is 10.0 Å². The summed E-state index contributed by atoms with van der Waals surface area (Å²) in [4.78, 5) is 23.8. The van der Waals surface area contributed by atoms with Crippen LogP contribution in [0, 0.1) is 0 Å².